The van der Waals surface area contributed by atoms with Gasteiger partial charge in [-0.05, 0) is 36.9 Å². The number of hydrogen-bond donors (Lipinski definition) is 2. The number of nitrogens with one attached hydrogen (secondary N) is 2. The minimum absolute atomic E-state index is 0.0174. The molecule has 1 atom stereocenters. The van der Waals surface area contributed by atoms with Gasteiger partial charge in [-0.1, -0.05) is 31.2 Å². The highest BCUT2D eigenvalue weighted by Crippen LogP contribution is 2.10. The van der Waals surface area contributed by atoms with Crippen LogP contribution >= 0.6 is 0 Å². The molecule has 0 spiro atoms. The molecule has 92 valence electrons. The first-order valence-electron chi connectivity index (χ1n) is 6.39. The second-order valence-corrected chi connectivity index (χ2v) is 4.49. The van der Waals surface area contributed by atoms with E-state index in [-0.39, 0.29) is 11.9 Å². The number of aryl methyl sites for hydroxylation is 1. The number of hydrogen-bond acceptors (Lipinski definition) is 2. The Hall–Kier alpha value is -1.35. The molecular weight excluding hydrogens is 212 g/mol. The Kier molecular flexibility index (Phi) is 4.15. The van der Waals surface area contributed by atoms with Crippen LogP contribution in [0, 0.1) is 0 Å². The van der Waals surface area contributed by atoms with E-state index in [9.17, 15) is 4.79 Å². The van der Waals surface area contributed by atoms with Crippen molar-refractivity contribution >= 4 is 5.91 Å². The molecular formula is C14H20N2O. The summed E-state index contributed by atoms with van der Waals surface area (Å²) in [4.78, 5) is 11.8. The molecule has 1 aliphatic rings. The third kappa shape index (κ3) is 3.07. The maximum absolute atomic E-state index is 11.8. The zero-order chi connectivity index (χ0) is 12.1. The van der Waals surface area contributed by atoms with Crippen molar-refractivity contribution in [3.63, 3.8) is 0 Å². The lowest BCUT2D eigenvalue weighted by Crippen LogP contribution is -2.40. The van der Waals surface area contributed by atoms with Gasteiger partial charge in [-0.25, -0.2) is 0 Å². The van der Waals surface area contributed by atoms with Gasteiger partial charge in [0.25, 0.3) is 0 Å². The van der Waals surface area contributed by atoms with Gasteiger partial charge in [0, 0.05) is 6.54 Å². The number of benzene rings is 1. The van der Waals surface area contributed by atoms with Crippen molar-refractivity contribution in [3.8, 4) is 0 Å². The molecule has 1 amide bonds. The summed E-state index contributed by atoms with van der Waals surface area (Å²) in [5.74, 6) is 0.133. The standard InChI is InChI=1S/C14H20N2O/c1-2-11-6-3-4-7-12(11)10-16-14(17)13-8-5-9-15-13/h3-4,6-7,13,15H,2,5,8-10H2,1H3,(H,16,17). The lowest BCUT2D eigenvalue weighted by atomic mass is 10.1. The Bertz CT molecular complexity index is 384. The van der Waals surface area contributed by atoms with E-state index in [1.165, 1.54) is 11.1 Å². The van der Waals surface area contributed by atoms with Crippen LogP contribution in [0.25, 0.3) is 0 Å². The summed E-state index contributed by atoms with van der Waals surface area (Å²) in [5.41, 5.74) is 2.54. The molecule has 0 saturated carbocycles. The van der Waals surface area contributed by atoms with Gasteiger partial charge in [0.1, 0.15) is 0 Å². The average Bonchev–Trinajstić information content (AvgIpc) is 2.90. The number of carbonyl (C=O) groups excluding carboxylic acids is 1. The van der Waals surface area contributed by atoms with Crippen LogP contribution in [-0.2, 0) is 17.8 Å². The zero-order valence-corrected chi connectivity index (χ0v) is 10.3. The largest absolute Gasteiger partial charge is 0.351 e. The van der Waals surface area contributed by atoms with E-state index in [1.807, 2.05) is 12.1 Å². The van der Waals surface area contributed by atoms with Crippen molar-refractivity contribution in [1.82, 2.24) is 10.6 Å². The van der Waals surface area contributed by atoms with Crippen molar-refractivity contribution in [2.75, 3.05) is 6.54 Å². The summed E-state index contributed by atoms with van der Waals surface area (Å²) in [7, 11) is 0. The van der Waals surface area contributed by atoms with Gasteiger partial charge in [-0.15, -0.1) is 0 Å². The lowest BCUT2D eigenvalue weighted by Gasteiger charge is -2.12. The maximum Gasteiger partial charge on any atom is 0.237 e. The van der Waals surface area contributed by atoms with Crippen LogP contribution in [0.5, 0.6) is 0 Å². The van der Waals surface area contributed by atoms with Crippen LogP contribution in [0.4, 0.5) is 0 Å². The van der Waals surface area contributed by atoms with E-state index < -0.39 is 0 Å². The number of carbonyl (C=O) groups is 1. The van der Waals surface area contributed by atoms with Crippen molar-refractivity contribution in [2.24, 2.45) is 0 Å². The van der Waals surface area contributed by atoms with Gasteiger partial charge in [-0.2, -0.15) is 0 Å². The van der Waals surface area contributed by atoms with Crippen LogP contribution in [0.3, 0.4) is 0 Å². The predicted molar refractivity (Wildman–Crippen MR) is 68.7 cm³/mol. The molecule has 0 bridgehead atoms. The topological polar surface area (TPSA) is 41.1 Å². The first-order valence-corrected chi connectivity index (χ1v) is 6.39. The fourth-order valence-electron chi connectivity index (χ4n) is 2.29. The van der Waals surface area contributed by atoms with Crippen LogP contribution in [0.1, 0.15) is 30.9 Å². The molecule has 17 heavy (non-hydrogen) atoms. The van der Waals surface area contributed by atoms with Crippen molar-refractivity contribution < 1.29 is 4.79 Å². The number of amides is 1. The molecule has 1 aromatic carbocycles. The number of rotatable bonds is 4. The highest BCUT2D eigenvalue weighted by atomic mass is 16.2. The minimum Gasteiger partial charge on any atom is -0.351 e. The van der Waals surface area contributed by atoms with E-state index in [0.717, 1.165) is 25.8 Å². The highest BCUT2D eigenvalue weighted by Gasteiger charge is 2.21. The quantitative estimate of drug-likeness (QED) is 0.828. The Morgan fingerprint density at radius 2 is 2.18 bits per heavy atom. The fraction of sp³-hybridized carbons (Fsp3) is 0.500. The first kappa shape index (κ1) is 12.1. The van der Waals surface area contributed by atoms with E-state index in [1.54, 1.807) is 0 Å². The summed E-state index contributed by atoms with van der Waals surface area (Å²) < 4.78 is 0. The lowest BCUT2D eigenvalue weighted by molar-refractivity contribution is -0.122. The molecule has 1 aliphatic heterocycles. The van der Waals surface area contributed by atoms with Crippen LogP contribution in [0.2, 0.25) is 0 Å². The van der Waals surface area contributed by atoms with Gasteiger partial charge in [0.05, 0.1) is 6.04 Å². The molecule has 0 aliphatic carbocycles. The molecule has 3 heteroatoms. The maximum atomic E-state index is 11.8. The Balaban J connectivity index is 1.90. The molecule has 1 aromatic rings. The average molecular weight is 232 g/mol. The molecule has 1 heterocycles. The minimum atomic E-state index is 0.0174. The van der Waals surface area contributed by atoms with Crippen LogP contribution in [0.15, 0.2) is 24.3 Å². The van der Waals surface area contributed by atoms with E-state index >= 15 is 0 Å². The van der Waals surface area contributed by atoms with Crippen molar-refractivity contribution in [2.45, 2.75) is 38.8 Å². The summed E-state index contributed by atoms with van der Waals surface area (Å²) in [6.45, 7) is 3.74. The molecule has 1 unspecified atom stereocenters. The molecule has 0 radical (unpaired) electrons. The molecule has 0 aromatic heterocycles. The SMILES string of the molecule is CCc1ccccc1CNC(=O)C1CCCN1. The van der Waals surface area contributed by atoms with E-state index in [2.05, 4.69) is 29.7 Å². The Morgan fingerprint density at radius 1 is 1.41 bits per heavy atom. The van der Waals surface area contributed by atoms with E-state index in [0.29, 0.717) is 6.54 Å². The summed E-state index contributed by atoms with van der Waals surface area (Å²) in [6.07, 6.45) is 3.07. The van der Waals surface area contributed by atoms with Crippen LogP contribution < -0.4 is 10.6 Å². The Labute approximate surface area is 103 Å². The molecule has 1 saturated heterocycles. The second-order valence-electron chi connectivity index (χ2n) is 4.49. The predicted octanol–water partition coefficient (Wildman–Crippen LogP) is 1.62. The third-order valence-corrected chi connectivity index (χ3v) is 3.33. The van der Waals surface area contributed by atoms with E-state index in [4.69, 9.17) is 0 Å². The first-order chi connectivity index (χ1) is 8.31. The van der Waals surface area contributed by atoms with Crippen molar-refractivity contribution in [1.29, 1.82) is 0 Å². The van der Waals surface area contributed by atoms with Crippen molar-refractivity contribution in [3.05, 3.63) is 35.4 Å². The smallest absolute Gasteiger partial charge is 0.237 e. The molecule has 2 rings (SSSR count). The van der Waals surface area contributed by atoms with Gasteiger partial charge >= 0.3 is 0 Å². The second kappa shape index (κ2) is 5.82. The van der Waals surface area contributed by atoms with Gasteiger partial charge < -0.3 is 10.6 Å². The zero-order valence-electron chi connectivity index (χ0n) is 10.3. The normalized spacial score (nSPS) is 19.2. The fourth-order valence-corrected chi connectivity index (χ4v) is 2.29. The summed E-state index contributed by atoms with van der Waals surface area (Å²) >= 11 is 0. The van der Waals surface area contributed by atoms with Gasteiger partial charge in [0.2, 0.25) is 5.91 Å². The molecule has 1 fully saturated rings. The monoisotopic (exact) mass is 232 g/mol. The highest BCUT2D eigenvalue weighted by molar-refractivity contribution is 5.82. The molecule has 3 nitrogen and oxygen atoms in total. The van der Waals surface area contributed by atoms with Gasteiger partial charge in [-0.3, -0.25) is 4.79 Å². The summed E-state index contributed by atoms with van der Waals surface area (Å²) in [5, 5.41) is 6.22. The van der Waals surface area contributed by atoms with Gasteiger partial charge in [0.15, 0.2) is 0 Å². The molecule has 2 N–H and O–H groups in total. The third-order valence-electron chi connectivity index (χ3n) is 3.33. The van der Waals surface area contributed by atoms with Crippen LogP contribution in [-0.4, -0.2) is 18.5 Å². The summed E-state index contributed by atoms with van der Waals surface area (Å²) in [6, 6.07) is 8.29. The Morgan fingerprint density at radius 3 is 2.82 bits per heavy atom.